The third kappa shape index (κ3) is 5.48. The Hall–Kier alpha value is -2.60. The average molecular weight is 398 g/mol. The standard InChI is InChI=1S/C23H31N3O3/c1-4-18-7-9-19(10-8-18)23(28)25(14-15-29-3)17-22(27)26(20-11-12-20)16-21-6-5-13-24(21)2/h5-10,13,20H,4,11-12,14-17H2,1-3H3. The van der Waals surface area contributed by atoms with Crippen LogP contribution in [-0.2, 0) is 29.5 Å². The van der Waals surface area contributed by atoms with Crippen LogP contribution in [0.4, 0.5) is 0 Å². The van der Waals surface area contributed by atoms with Crippen molar-refractivity contribution in [1.82, 2.24) is 14.4 Å². The Labute approximate surface area is 173 Å². The van der Waals surface area contributed by atoms with Gasteiger partial charge in [-0.1, -0.05) is 19.1 Å². The van der Waals surface area contributed by atoms with Crippen LogP contribution in [0.2, 0.25) is 0 Å². The fraction of sp³-hybridized carbons (Fsp3) is 0.478. The zero-order valence-corrected chi connectivity index (χ0v) is 17.6. The smallest absolute Gasteiger partial charge is 0.254 e. The first-order chi connectivity index (χ1) is 14.0. The van der Waals surface area contributed by atoms with Crippen LogP contribution in [-0.4, -0.2) is 59.0 Å². The predicted molar refractivity (Wildman–Crippen MR) is 113 cm³/mol. The number of hydrogen-bond donors (Lipinski definition) is 0. The Morgan fingerprint density at radius 3 is 2.45 bits per heavy atom. The molecule has 0 saturated heterocycles. The number of hydrogen-bond acceptors (Lipinski definition) is 3. The van der Waals surface area contributed by atoms with Crippen LogP contribution in [0.5, 0.6) is 0 Å². The number of aromatic nitrogens is 1. The summed E-state index contributed by atoms with van der Waals surface area (Å²) in [5, 5.41) is 0. The molecule has 0 N–H and O–H groups in total. The molecule has 2 aromatic rings. The lowest BCUT2D eigenvalue weighted by Crippen LogP contribution is -2.44. The minimum atomic E-state index is -0.132. The minimum Gasteiger partial charge on any atom is -0.383 e. The van der Waals surface area contributed by atoms with Crippen LogP contribution in [0.15, 0.2) is 42.6 Å². The molecule has 6 heteroatoms. The van der Waals surface area contributed by atoms with Crippen LogP contribution in [0, 0.1) is 0 Å². The van der Waals surface area contributed by atoms with E-state index in [2.05, 4.69) is 6.92 Å². The van der Waals surface area contributed by atoms with Crippen LogP contribution < -0.4 is 0 Å². The monoisotopic (exact) mass is 397 g/mol. The summed E-state index contributed by atoms with van der Waals surface area (Å²) in [4.78, 5) is 29.7. The molecule has 1 aromatic heterocycles. The van der Waals surface area contributed by atoms with Gasteiger partial charge in [0.05, 0.1) is 13.2 Å². The molecule has 0 bridgehead atoms. The van der Waals surface area contributed by atoms with E-state index >= 15 is 0 Å². The topological polar surface area (TPSA) is 54.8 Å². The second-order valence-corrected chi connectivity index (χ2v) is 7.63. The van der Waals surface area contributed by atoms with Crippen LogP contribution in [0.1, 0.15) is 41.4 Å². The highest BCUT2D eigenvalue weighted by atomic mass is 16.5. The van der Waals surface area contributed by atoms with E-state index in [-0.39, 0.29) is 24.4 Å². The van der Waals surface area contributed by atoms with Crippen molar-refractivity contribution in [2.75, 3.05) is 26.8 Å². The van der Waals surface area contributed by atoms with E-state index in [1.165, 1.54) is 5.56 Å². The normalized spacial score (nSPS) is 13.3. The van der Waals surface area contributed by atoms with Crippen molar-refractivity contribution in [1.29, 1.82) is 0 Å². The average Bonchev–Trinajstić information content (AvgIpc) is 3.50. The molecule has 3 rings (SSSR count). The largest absolute Gasteiger partial charge is 0.383 e. The minimum absolute atomic E-state index is 0.0108. The van der Waals surface area contributed by atoms with Crippen molar-refractivity contribution in [3.8, 4) is 0 Å². The number of carbonyl (C=O) groups excluding carboxylic acids is 2. The summed E-state index contributed by atoms with van der Waals surface area (Å²) in [6, 6.07) is 11.9. The molecule has 6 nitrogen and oxygen atoms in total. The number of carbonyl (C=O) groups is 2. The van der Waals surface area contributed by atoms with E-state index < -0.39 is 0 Å². The highest BCUT2D eigenvalue weighted by Gasteiger charge is 2.34. The van der Waals surface area contributed by atoms with E-state index in [4.69, 9.17) is 4.74 Å². The molecule has 0 unspecified atom stereocenters. The molecular weight excluding hydrogens is 366 g/mol. The van der Waals surface area contributed by atoms with Gasteiger partial charge in [0.25, 0.3) is 5.91 Å². The van der Waals surface area contributed by atoms with Gasteiger partial charge < -0.3 is 19.1 Å². The van der Waals surface area contributed by atoms with Gasteiger partial charge in [-0.2, -0.15) is 0 Å². The molecule has 29 heavy (non-hydrogen) atoms. The maximum atomic E-state index is 13.2. The molecule has 156 valence electrons. The van der Waals surface area contributed by atoms with Crippen LogP contribution >= 0.6 is 0 Å². The second kappa shape index (κ2) is 9.74. The van der Waals surface area contributed by atoms with Crippen LogP contribution in [0.3, 0.4) is 0 Å². The highest BCUT2D eigenvalue weighted by molar-refractivity contribution is 5.96. The van der Waals surface area contributed by atoms with Crippen molar-refractivity contribution in [2.24, 2.45) is 7.05 Å². The number of methoxy groups -OCH3 is 1. The molecule has 1 aromatic carbocycles. The number of rotatable bonds is 10. The van der Waals surface area contributed by atoms with Gasteiger partial charge in [0, 0.05) is 44.2 Å². The molecule has 1 saturated carbocycles. The summed E-state index contributed by atoms with van der Waals surface area (Å²) in [5.74, 6) is -0.143. The third-order valence-electron chi connectivity index (χ3n) is 5.48. The van der Waals surface area contributed by atoms with Crippen molar-refractivity contribution in [3.05, 3.63) is 59.4 Å². The zero-order valence-electron chi connectivity index (χ0n) is 17.6. The Morgan fingerprint density at radius 1 is 1.17 bits per heavy atom. The fourth-order valence-electron chi connectivity index (χ4n) is 3.42. The lowest BCUT2D eigenvalue weighted by atomic mass is 10.1. The number of aryl methyl sites for hydroxylation is 2. The van der Waals surface area contributed by atoms with Gasteiger partial charge >= 0.3 is 0 Å². The van der Waals surface area contributed by atoms with Gasteiger partial charge in [0.15, 0.2) is 0 Å². The zero-order chi connectivity index (χ0) is 20.8. The second-order valence-electron chi connectivity index (χ2n) is 7.63. The number of benzene rings is 1. The summed E-state index contributed by atoms with van der Waals surface area (Å²) in [6.07, 6.45) is 4.97. The van der Waals surface area contributed by atoms with E-state index in [1.807, 2.05) is 59.1 Å². The molecule has 1 fully saturated rings. The molecule has 2 amide bonds. The summed E-state index contributed by atoms with van der Waals surface area (Å²) in [7, 11) is 3.59. The number of ether oxygens (including phenoxy) is 1. The van der Waals surface area contributed by atoms with Crippen molar-refractivity contribution in [3.63, 3.8) is 0 Å². The molecule has 0 atom stereocenters. The van der Waals surface area contributed by atoms with Gasteiger partial charge in [0.2, 0.25) is 5.91 Å². The number of amides is 2. The summed E-state index contributed by atoms with van der Waals surface area (Å²) in [5.41, 5.74) is 2.88. The first-order valence-corrected chi connectivity index (χ1v) is 10.3. The van der Waals surface area contributed by atoms with Crippen molar-refractivity contribution < 1.29 is 14.3 Å². The molecule has 0 aliphatic heterocycles. The predicted octanol–water partition coefficient (Wildman–Crippen LogP) is 2.87. The SMILES string of the molecule is CCc1ccc(C(=O)N(CCOC)CC(=O)N(Cc2cccn2C)C2CC2)cc1. The number of nitrogens with zero attached hydrogens (tertiary/aromatic N) is 3. The fourth-order valence-corrected chi connectivity index (χ4v) is 3.42. The van der Waals surface area contributed by atoms with Crippen molar-refractivity contribution >= 4 is 11.8 Å². The Bertz CT molecular complexity index is 824. The summed E-state index contributed by atoms with van der Waals surface area (Å²) >= 11 is 0. The van der Waals surface area contributed by atoms with Crippen LogP contribution in [0.25, 0.3) is 0 Å². The van der Waals surface area contributed by atoms with Gasteiger partial charge in [-0.25, -0.2) is 0 Å². The molecule has 1 heterocycles. The van der Waals surface area contributed by atoms with Crippen molar-refractivity contribution in [2.45, 2.75) is 38.8 Å². The van der Waals surface area contributed by atoms with E-state index in [0.29, 0.717) is 25.3 Å². The lowest BCUT2D eigenvalue weighted by molar-refractivity contribution is -0.133. The first-order valence-electron chi connectivity index (χ1n) is 10.3. The molecule has 1 aliphatic rings. The highest BCUT2D eigenvalue weighted by Crippen LogP contribution is 2.28. The maximum absolute atomic E-state index is 13.2. The summed E-state index contributed by atoms with van der Waals surface area (Å²) < 4.78 is 7.21. The van der Waals surface area contributed by atoms with E-state index in [9.17, 15) is 9.59 Å². The third-order valence-corrected chi connectivity index (χ3v) is 5.48. The maximum Gasteiger partial charge on any atom is 0.254 e. The lowest BCUT2D eigenvalue weighted by Gasteiger charge is -2.28. The molecular formula is C23H31N3O3. The van der Waals surface area contributed by atoms with Gasteiger partial charge in [-0.05, 0) is 49.1 Å². The van der Waals surface area contributed by atoms with Gasteiger partial charge in [0.1, 0.15) is 6.54 Å². The Morgan fingerprint density at radius 2 is 1.90 bits per heavy atom. The first kappa shape index (κ1) is 21.1. The van der Waals surface area contributed by atoms with Gasteiger partial charge in [-0.3, -0.25) is 9.59 Å². The molecule has 0 radical (unpaired) electrons. The van der Waals surface area contributed by atoms with E-state index in [0.717, 1.165) is 25.0 Å². The Balaban J connectivity index is 1.72. The molecule has 0 spiro atoms. The quantitative estimate of drug-likeness (QED) is 0.619. The molecule has 1 aliphatic carbocycles. The summed E-state index contributed by atoms with van der Waals surface area (Å²) in [6.45, 7) is 3.51. The van der Waals surface area contributed by atoms with E-state index in [1.54, 1.807) is 12.0 Å². The van der Waals surface area contributed by atoms with Gasteiger partial charge in [-0.15, -0.1) is 0 Å². The Kier molecular flexibility index (Phi) is 7.09.